The van der Waals surface area contributed by atoms with Gasteiger partial charge in [-0.3, -0.25) is 15.2 Å². The number of imide groups is 1. The second-order valence-corrected chi connectivity index (χ2v) is 5.82. The number of nitrogens with one attached hydrogen (secondary N) is 3. The van der Waals surface area contributed by atoms with Gasteiger partial charge in [0.25, 0.3) is 0 Å². The Morgan fingerprint density at radius 2 is 2.21 bits per heavy atom. The lowest BCUT2D eigenvalue weighted by Gasteiger charge is -2.14. The number of urea groups is 1. The summed E-state index contributed by atoms with van der Waals surface area (Å²) >= 11 is 1.22. The van der Waals surface area contributed by atoms with Gasteiger partial charge >= 0.3 is 6.03 Å². The average Bonchev–Trinajstić information content (AvgIpc) is 3.01. The molecule has 0 spiro atoms. The fourth-order valence-electron chi connectivity index (χ4n) is 1.98. The van der Waals surface area contributed by atoms with E-state index in [0.29, 0.717) is 5.16 Å². The first-order valence-corrected chi connectivity index (χ1v) is 7.16. The minimum absolute atomic E-state index is 0.199. The van der Waals surface area contributed by atoms with Gasteiger partial charge in [0.05, 0.1) is 5.25 Å². The van der Waals surface area contributed by atoms with E-state index in [1.54, 1.807) is 6.92 Å². The molecular weight excluding hydrogens is 266 g/mol. The number of carbonyl (C=O) groups is 2. The van der Waals surface area contributed by atoms with E-state index < -0.39 is 11.3 Å². The van der Waals surface area contributed by atoms with Crippen LogP contribution in [0.3, 0.4) is 0 Å². The normalized spacial score (nSPS) is 17.1. The van der Waals surface area contributed by atoms with E-state index in [2.05, 4.69) is 25.8 Å². The first-order chi connectivity index (χ1) is 9.15. The van der Waals surface area contributed by atoms with E-state index in [-0.39, 0.29) is 11.9 Å². The fraction of sp³-hybridized carbons (Fsp3) is 0.636. The van der Waals surface area contributed by atoms with Crippen LogP contribution in [0.1, 0.15) is 32.6 Å². The predicted molar refractivity (Wildman–Crippen MR) is 70.6 cm³/mol. The number of aromatic amines is 1. The standard InChI is InChI=1S/C11H17N5O2S/c1-7(19-11-12-6-13-16-11)9(17)15-10(18)14-8-4-2-3-5-8/h6-8H,2-5H2,1H3,(H,12,13,16)(H2,14,15,17,18)/t7-/m1/s1. The topological polar surface area (TPSA) is 99.8 Å². The van der Waals surface area contributed by atoms with Crippen molar-refractivity contribution in [3.05, 3.63) is 6.33 Å². The van der Waals surface area contributed by atoms with Crippen molar-refractivity contribution in [3.8, 4) is 0 Å². The van der Waals surface area contributed by atoms with Crippen LogP contribution >= 0.6 is 11.8 Å². The quantitative estimate of drug-likeness (QED) is 0.717. The van der Waals surface area contributed by atoms with Crippen molar-refractivity contribution < 1.29 is 9.59 Å². The van der Waals surface area contributed by atoms with E-state index in [4.69, 9.17) is 0 Å². The summed E-state index contributed by atoms with van der Waals surface area (Å²) in [4.78, 5) is 27.3. The highest BCUT2D eigenvalue weighted by Gasteiger charge is 2.21. The van der Waals surface area contributed by atoms with Crippen molar-refractivity contribution in [2.24, 2.45) is 0 Å². The SMILES string of the molecule is C[C@@H](Sc1ncn[nH]1)C(=O)NC(=O)NC1CCCC1. The van der Waals surface area contributed by atoms with Crippen LogP contribution in [-0.2, 0) is 4.79 Å². The number of thioether (sulfide) groups is 1. The van der Waals surface area contributed by atoms with Gasteiger partial charge in [-0.15, -0.1) is 0 Å². The lowest BCUT2D eigenvalue weighted by atomic mass is 10.2. The fourth-order valence-corrected chi connectivity index (χ4v) is 2.69. The lowest BCUT2D eigenvalue weighted by molar-refractivity contribution is -0.119. The molecule has 0 unspecified atom stereocenters. The largest absolute Gasteiger partial charge is 0.335 e. The van der Waals surface area contributed by atoms with Gasteiger partial charge in [0.15, 0.2) is 5.16 Å². The number of H-pyrrole nitrogens is 1. The summed E-state index contributed by atoms with van der Waals surface area (Å²) in [7, 11) is 0. The molecule has 1 aromatic rings. The first kappa shape index (κ1) is 13.9. The molecule has 1 fully saturated rings. The molecule has 1 saturated carbocycles. The van der Waals surface area contributed by atoms with Gasteiger partial charge in [0.1, 0.15) is 6.33 Å². The third-order valence-electron chi connectivity index (χ3n) is 2.98. The molecule has 19 heavy (non-hydrogen) atoms. The molecule has 1 aliphatic rings. The van der Waals surface area contributed by atoms with Crippen LogP contribution in [0.4, 0.5) is 4.79 Å². The van der Waals surface area contributed by atoms with Gasteiger partial charge in [-0.2, -0.15) is 5.10 Å². The van der Waals surface area contributed by atoms with Crippen LogP contribution in [0.25, 0.3) is 0 Å². The second kappa shape index (κ2) is 6.55. The molecular formula is C11H17N5O2S. The molecule has 1 heterocycles. The molecule has 0 aliphatic heterocycles. The number of nitrogens with zero attached hydrogens (tertiary/aromatic N) is 2. The number of amides is 3. The van der Waals surface area contributed by atoms with Gasteiger partial charge in [0.2, 0.25) is 5.91 Å². The number of hydrogen-bond acceptors (Lipinski definition) is 5. The maximum absolute atomic E-state index is 11.8. The van der Waals surface area contributed by atoms with Crippen molar-refractivity contribution in [3.63, 3.8) is 0 Å². The highest BCUT2D eigenvalue weighted by atomic mass is 32.2. The minimum Gasteiger partial charge on any atom is -0.335 e. The third kappa shape index (κ3) is 4.23. The third-order valence-corrected chi connectivity index (χ3v) is 3.97. The van der Waals surface area contributed by atoms with Crippen LogP contribution in [-0.4, -0.2) is 38.4 Å². The summed E-state index contributed by atoms with van der Waals surface area (Å²) in [5.41, 5.74) is 0. The van der Waals surface area contributed by atoms with Crippen LogP contribution in [0.15, 0.2) is 11.5 Å². The predicted octanol–water partition coefficient (Wildman–Crippen LogP) is 1.05. The van der Waals surface area contributed by atoms with Crippen molar-refractivity contribution in [1.29, 1.82) is 0 Å². The molecule has 0 aromatic carbocycles. The number of rotatable bonds is 4. The Balaban J connectivity index is 1.74. The van der Waals surface area contributed by atoms with Crippen LogP contribution in [0.5, 0.6) is 0 Å². The first-order valence-electron chi connectivity index (χ1n) is 6.28. The molecule has 0 saturated heterocycles. The number of aromatic nitrogens is 3. The van der Waals surface area contributed by atoms with Gasteiger partial charge in [0, 0.05) is 6.04 Å². The molecule has 7 nitrogen and oxygen atoms in total. The highest BCUT2D eigenvalue weighted by molar-refractivity contribution is 8.00. The number of carbonyl (C=O) groups excluding carboxylic acids is 2. The Morgan fingerprint density at radius 1 is 1.47 bits per heavy atom. The Kier molecular flexibility index (Phi) is 4.78. The molecule has 0 bridgehead atoms. The van der Waals surface area contributed by atoms with E-state index in [1.165, 1.54) is 18.1 Å². The Morgan fingerprint density at radius 3 is 2.84 bits per heavy atom. The van der Waals surface area contributed by atoms with E-state index in [9.17, 15) is 9.59 Å². The zero-order valence-electron chi connectivity index (χ0n) is 10.7. The van der Waals surface area contributed by atoms with Crippen LogP contribution < -0.4 is 10.6 Å². The molecule has 2 rings (SSSR count). The lowest BCUT2D eigenvalue weighted by Crippen LogP contribution is -2.45. The van der Waals surface area contributed by atoms with Gasteiger partial charge in [-0.05, 0) is 19.8 Å². The van der Waals surface area contributed by atoms with Crippen molar-refractivity contribution in [2.75, 3.05) is 0 Å². The van der Waals surface area contributed by atoms with Gasteiger partial charge in [-0.1, -0.05) is 24.6 Å². The molecule has 1 aliphatic carbocycles. The van der Waals surface area contributed by atoms with E-state index >= 15 is 0 Å². The van der Waals surface area contributed by atoms with Gasteiger partial charge in [-0.25, -0.2) is 9.78 Å². The van der Waals surface area contributed by atoms with Crippen LogP contribution in [0, 0.1) is 0 Å². The molecule has 3 amide bonds. The summed E-state index contributed by atoms with van der Waals surface area (Å²) in [5, 5.41) is 11.6. The maximum Gasteiger partial charge on any atom is 0.321 e. The zero-order chi connectivity index (χ0) is 13.7. The minimum atomic E-state index is -0.415. The molecule has 1 aromatic heterocycles. The summed E-state index contributed by atoms with van der Waals surface area (Å²) in [5.74, 6) is -0.336. The number of hydrogen-bond donors (Lipinski definition) is 3. The molecule has 104 valence electrons. The monoisotopic (exact) mass is 283 g/mol. The summed E-state index contributed by atoms with van der Waals surface area (Å²) in [6.45, 7) is 1.71. The maximum atomic E-state index is 11.8. The van der Waals surface area contributed by atoms with E-state index in [0.717, 1.165) is 25.7 Å². The van der Waals surface area contributed by atoms with Gasteiger partial charge < -0.3 is 5.32 Å². The van der Waals surface area contributed by atoms with Crippen molar-refractivity contribution >= 4 is 23.7 Å². The van der Waals surface area contributed by atoms with Crippen molar-refractivity contribution in [2.45, 2.75) is 49.1 Å². The molecule has 8 heteroatoms. The van der Waals surface area contributed by atoms with Crippen LogP contribution in [0.2, 0.25) is 0 Å². The molecule has 0 radical (unpaired) electrons. The highest BCUT2D eigenvalue weighted by Crippen LogP contribution is 2.19. The molecule has 3 N–H and O–H groups in total. The Labute approximate surface area is 115 Å². The molecule has 1 atom stereocenters. The smallest absolute Gasteiger partial charge is 0.321 e. The van der Waals surface area contributed by atoms with Crippen molar-refractivity contribution in [1.82, 2.24) is 25.8 Å². The summed E-state index contributed by atoms with van der Waals surface area (Å²) < 4.78 is 0. The Hall–Kier alpha value is -1.57. The zero-order valence-corrected chi connectivity index (χ0v) is 11.5. The Bertz CT molecular complexity index is 430. The van der Waals surface area contributed by atoms with E-state index in [1.807, 2.05) is 0 Å². The summed E-state index contributed by atoms with van der Waals surface area (Å²) in [6, 6.07) is -0.216. The summed E-state index contributed by atoms with van der Waals surface area (Å²) in [6.07, 6.45) is 5.63. The second-order valence-electron chi connectivity index (χ2n) is 4.49. The average molecular weight is 283 g/mol.